The summed E-state index contributed by atoms with van der Waals surface area (Å²) in [6.07, 6.45) is 1.44. The molecule has 118 valence electrons. The number of fused-ring (bicyclic) bond motifs is 1. The van der Waals surface area contributed by atoms with Gasteiger partial charge in [-0.3, -0.25) is 9.59 Å². The monoisotopic (exact) mass is 328 g/mol. The Hall–Kier alpha value is -2.60. The van der Waals surface area contributed by atoms with Crippen LogP contribution >= 0.6 is 11.3 Å². The molecule has 1 aromatic carbocycles. The van der Waals surface area contributed by atoms with Crippen molar-refractivity contribution < 1.29 is 9.53 Å². The van der Waals surface area contributed by atoms with Gasteiger partial charge >= 0.3 is 0 Å². The van der Waals surface area contributed by atoms with Gasteiger partial charge < -0.3 is 15.0 Å². The average Bonchev–Trinajstić information content (AvgIpc) is 3.07. The van der Waals surface area contributed by atoms with Gasteiger partial charge in [-0.2, -0.15) is 0 Å². The summed E-state index contributed by atoms with van der Waals surface area (Å²) >= 11 is 1.56. The Bertz CT molecular complexity index is 884. The van der Waals surface area contributed by atoms with E-state index >= 15 is 0 Å². The number of para-hydroxylation sites is 1. The summed E-state index contributed by atoms with van der Waals surface area (Å²) < 4.78 is 5.50. The fourth-order valence-electron chi connectivity index (χ4n) is 2.34. The van der Waals surface area contributed by atoms with Crippen molar-refractivity contribution >= 4 is 28.1 Å². The zero-order valence-electron chi connectivity index (χ0n) is 12.6. The van der Waals surface area contributed by atoms with Gasteiger partial charge in [0, 0.05) is 11.1 Å². The SMILES string of the molecule is CCOc1cccc2c(=O)c(C(=O)NCc3cccs3)c[nH]c12. The van der Waals surface area contributed by atoms with Gasteiger partial charge in [0.1, 0.15) is 11.3 Å². The fourth-order valence-corrected chi connectivity index (χ4v) is 2.99. The van der Waals surface area contributed by atoms with Gasteiger partial charge in [0.2, 0.25) is 5.43 Å². The lowest BCUT2D eigenvalue weighted by molar-refractivity contribution is 0.0950. The molecule has 0 aliphatic rings. The van der Waals surface area contributed by atoms with Gasteiger partial charge in [0.05, 0.1) is 24.1 Å². The van der Waals surface area contributed by atoms with Crippen LogP contribution in [-0.2, 0) is 6.54 Å². The van der Waals surface area contributed by atoms with Crippen LogP contribution in [0.4, 0.5) is 0 Å². The van der Waals surface area contributed by atoms with E-state index in [0.29, 0.717) is 29.8 Å². The van der Waals surface area contributed by atoms with Crippen molar-refractivity contribution in [3.05, 3.63) is 62.6 Å². The predicted octanol–water partition coefficient (Wildman–Crippen LogP) is 2.92. The lowest BCUT2D eigenvalue weighted by atomic mass is 10.1. The molecule has 2 N–H and O–H groups in total. The second kappa shape index (κ2) is 6.66. The highest BCUT2D eigenvalue weighted by molar-refractivity contribution is 7.09. The van der Waals surface area contributed by atoms with Gasteiger partial charge in [-0.1, -0.05) is 12.1 Å². The quantitative estimate of drug-likeness (QED) is 0.756. The van der Waals surface area contributed by atoms with Gasteiger partial charge in [-0.25, -0.2) is 0 Å². The Morgan fingerprint density at radius 1 is 1.30 bits per heavy atom. The molecule has 0 radical (unpaired) electrons. The molecule has 0 unspecified atom stereocenters. The molecule has 2 aromatic heterocycles. The van der Waals surface area contributed by atoms with E-state index in [1.54, 1.807) is 29.5 Å². The number of amides is 1. The van der Waals surface area contributed by atoms with Crippen LogP contribution in [-0.4, -0.2) is 17.5 Å². The molecule has 0 spiro atoms. The van der Waals surface area contributed by atoms with E-state index in [0.717, 1.165) is 4.88 Å². The molecule has 2 heterocycles. The maximum absolute atomic E-state index is 12.6. The Morgan fingerprint density at radius 2 is 2.17 bits per heavy atom. The number of aromatic nitrogens is 1. The summed E-state index contributed by atoms with van der Waals surface area (Å²) in [5.74, 6) is 0.219. The van der Waals surface area contributed by atoms with Crippen molar-refractivity contribution in [2.45, 2.75) is 13.5 Å². The number of hydrogen-bond donors (Lipinski definition) is 2. The standard InChI is InChI=1S/C17H16N2O3S/c1-2-22-14-7-3-6-12-15(14)18-10-13(16(12)20)17(21)19-9-11-5-4-8-23-11/h3-8,10H,2,9H2,1H3,(H,18,20)(H,19,21). The fraction of sp³-hybridized carbons (Fsp3) is 0.176. The van der Waals surface area contributed by atoms with E-state index in [1.165, 1.54) is 6.20 Å². The number of carbonyl (C=O) groups is 1. The van der Waals surface area contributed by atoms with Crippen LogP contribution in [0.15, 0.2) is 46.7 Å². The van der Waals surface area contributed by atoms with E-state index in [-0.39, 0.29) is 16.9 Å². The number of benzene rings is 1. The Morgan fingerprint density at radius 3 is 2.91 bits per heavy atom. The Kier molecular flexibility index (Phi) is 4.43. The smallest absolute Gasteiger partial charge is 0.257 e. The van der Waals surface area contributed by atoms with Crippen LogP contribution in [0.2, 0.25) is 0 Å². The molecule has 0 bridgehead atoms. The summed E-state index contributed by atoms with van der Waals surface area (Å²) in [5.41, 5.74) is 0.404. The summed E-state index contributed by atoms with van der Waals surface area (Å²) in [4.78, 5) is 28.9. The molecule has 3 aromatic rings. The lowest BCUT2D eigenvalue weighted by Crippen LogP contribution is -2.28. The third-order valence-electron chi connectivity index (χ3n) is 3.42. The first-order chi connectivity index (χ1) is 11.2. The van der Waals surface area contributed by atoms with E-state index in [4.69, 9.17) is 4.74 Å². The van der Waals surface area contributed by atoms with Crippen LogP contribution in [0.5, 0.6) is 5.75 Å². The maximum Gasteiger partial charge on any atom is 0.257 e. The molecule has 0 saturated carbocycles. The van der Waals surface area contributed by atoms with Gasteiger partial charge in [0.15, 0.2) is 0 Å². The minimum absolute atomic E-state index is 0.0997. The molecule has 0 aliphatic carbocycles. The number of thiophene rings is 1. The maximum atomic E-state index is 12.6. The highest BCUT2D eigenvalue weighted by Gasteiger charge is 2.14. The van der Waals surface area contributed by atoms with Crippen LogP contribution < -0.4 is 15.5 Å². The molecule has 0 atom stereocenters. The minimum Gasteiger partial charge on any atom is -0.492 e. The molecular weight excluding hydrogens is 312 g/mol. The van der Waals surface area contributed by atoms with Gasteiger partial charge in [0.25, 0.3) is 5.91 Å². The molecule has 1 amide bonds. The van der Waals surface area contributed by atoms with Gasteiger partial charge in [-0.15, -0.1) is 11.3 Å². The van der Waals surface area contributed by atoms with Crippen molar-refractivity contribution in [1.82, 2.24) is 10.3 Å². The van der Waals surface area contributed by atoms with Crippen LogP contribution in [0.1, 0.15) is 22.2 Å². The van der Waals surface area contributed by atoms with Crippen LogP contribution in [0, 0.1) is 0 Å². The topological polar surface area (TPSA) is 71.2 Å². The summed E-state index contributed by atoms with van der Waals surface area (Å²) in [7, 11) is 0. The van der Waals surface area contributed by atoms with Gasteiger partial charge in [-0.05, 0) is 30.5 Å². The third-order valence-corrected chi connectivity index (χ3v) is 4.30. The summed E-state index contributed by atoms with van der Waals surface area (Å²) in [6, 6.07) is 9.08. The molecule has 0 aliphatic heterocycles. The highest BCUT2D eigenvalue weighted by atomic mass is 32.1. The zero-order valence-corrected chi connectivity index (χ0v) is 13.4. The number of aromatic amines is 1. The number of ether oxygens (including phenoxy) is 1. The van der Waals surface area contributed by atoms with Crippen molar-refractivity contribution in [1.29, 1.82) is 0 Å². The largest absolute Gasteiger partial charge is 0.492 e. The number of pyridine rings is 1. The average molecular weight is 328 g/mol. The Balaban J connectivity index is 1.91. The first-order valence-corrected chi connectivity index (χ1v) is 8.16. The molecule has 3 rings (SSSR count). The van der Waals surface area contributed by atoms with Crippen molar-refractivity contribution in [3.8, 4) is 5.75 Å². The van der Waals surface area contributed by atoms with Crippen molar-refractivity contribution in [3.63, 3.8) is 0 Å². The Labute approximate surface area is 136 Å². The van der Waals surface area contributed by atoms with E-state index in [2.05, 4.69) is 10.3 Å². The van der Waals surface area contributed by atoms with E-state index in [1.807, 2.05) is 24.4 Å². The van der Waals surface area contributed by atoms with E-state index in [9.17, 15) is 9.59 Å². The molecule has 0 saturated heterocycles. The number of rotatable bonds is 5. The lowest BCUT2D eigenvalue weighted by Gasteiger charge is -2.08. The molecule has 23 heavy (non-hydrogen) atoms. The van der Waals surface area contributed by atoms with Crippen LogP contribution in [0.25, 0.3) is 10.9 Å². The number of nitrogens with one attached hydrogen (secondary N) is 2. The number of carbonyl (C=O) groups excluding carboxylic acids is 1. The molecule has 5 nitrogen and oxygen atoms in total. The number of H-pyrrole nitrogens is 1. The second-order valence-electron chi connectivity index (χ2n) is 4.91. The highest BCUT2D eigenvalue weighted by Crippen LogP contribution is 2.21. The normalized spacial score (nSPS) is 10.7. The second-order valence-corrected chi connectivity index (χ2v) is 5.94. The van der Waals surface area contributed by atoms with E-state index < -0.39 is 0 Å². The zero-order chi connectivity index (χ0) is 16.2. The summed E-state index contributed by atoms with van der Waals surface area (Å²) in [6.45, 7) is 2.79. The minimum atomic E-state index is -0.386. The summed E-state index contributed by atoms with van der Waals surface area (Å²) in [5, 5.41) is 5.16. The number of hydrogen-bond acceptors (Lipinski definition) is 4. The molecule has 0 fully saturated rings. The predicted molar refractivity (Wildman–Crippen MR) is 91.2 cm³/mol. The van der Waals surface area contributed by atoms with Crippen molar-refractivity contribution in [2.24, 2.45) is 0 Å². The van der Waals surface area contributed by atoms with Crippen LogP contribution in [0.3, 0.4) is 0 Å². The first-order valence-electron chi connectivity index (χ1n) is 7.28. The van der Waals surface area contributed by atoms with Crippen molar-refractivity contribution in [2.75, 3.05) is 6.61 Å². The molecule has 6 heteroatoms. The first kappa shape index (κ1) is 15.3. The molecular formula is C17H16N2O3S. The third kappa shape index (κ3) is 3.12.